The van der Waals surface area contributed by atoms with E-state index in [1.165, 1.54) is 21.1 Å². The van der Waals surface area contributed by atoms with Crippen molar-refractivity contribution in [3.8, 4) is 0 Å². The zero-order valence-corrected chi connectivity index (χ0v) is 38.8. The number of nitrogens with zero attached hydrogens (tertiary/aromatic N) is 2. The van der Waals surface area contributed by atoms with Crippen molar-refractivity contribution in [1.82, 2.24) is 9.80 Å². The Morgan fingerprint density at radius 2 is 1.60 bits per heavy atom. The fourth-order valence-corrected chi connectivity index (χ4v) is 10.6. The molecule has 4 aliphatic heterocycles. The number of cyclic esters (lactones) is 1. The number of carbonyl (C=O) groups is 4. The van der Waals surface area contributed by atoms with Crippen LogP contribution in [0.2, 0.25) is 0 Å². The fourth-order valence-electron chi connectivity index (χ4n) is 10.6. The van der Waals surface area contributed by atoms with Gasteiger partial charge in [0.2, 0.25) is 0 Å². The molecule has 4 heterocycles. The molecule has 4 aliphatic rings. The van der Waals surface area contributed by atoms with E-state index >= 15 is 0 Å². The summed E-state index contributed by atoms with van der Waals surface area (Å²) in [4.78, 5) is 56.7. The van der Waals surface area contributed by atoms with Crippen LogP contribution < -0.4 is 0 Å². The number of ether oxygens (including phenoxy) is 10. The van der Waals surface area contributed by atoms with Crippen molar-refractivity contribution in [3.63, 3.8) is 0 Å². The maximum atomic E-state index is 14.8. The number of rotatable bonds is 8. The van der Waals surface area contributed by atoms with E-state index in [-0.39, 0.29) is 36.9 Å². The number of hydrogen-bond donors (Lipinski definition) is 1. The summed E-state index contributed by atoms with van der Waals surface area (Å²) in [5.74, 6) is -3.64. The lowest BCUT2D eigenvalue weighted by Gasteiger charge is -2.52. The molecule has 0 aromatic heterocycles. The Balaban J connectivity index is 1.92. The van der Waals surface area contributed by atoms with Crippen LogP contribution in [-0.4, -0.2) is 165 Å². The molecule has 1 N–H and O–H groups in total. The number of aliphatic hydroxyl groups is 1. The molecule has 0 spiro atoms. The first-order chi connectivity index (χ1) is 27.8. The van der Waals surface area contributed by atoms with Gasteiger partial charge in [0.25, 0.3) is 0 Å². The van der Waals surface area contributed by atoms with Crippen molar-refractivity contribution in [2.75, 3.05) is 41.9 Å². The molecule has 0 aromatic rings. The van der Waals surface area contributed by atoms with Crippen LogP contribution in [0.4, 0.5) is 9.59 Å². The van der Waals surface area contributed by atoms with E-state index in [9.17, 15) is 24.3 Å². The number of fused-ring (bicyclic) bond motifs is 1. The van der Waals surface area contributed by atoms with Gasteiger partial charge in [-0.05, 0) is 93.8 Å². The molecule has 346 valence electrons. The molecule has 0 amide bonds. The second-order valence-corrected chi connectivity index (χ2v) is 18.8. The summed E-state index contributed by atoms with van der Waals surface area (Å²) in [5, 5.41) is 12.9. The maximum Gasteiger partial charge on any atom is 0.509 e. The van der Waals surface area contributed by atoms with Gasteiger partial charge in [-0.1, -0.05) is 27.7 Å². The standard InChI is InChI=1S/C43H74N2O15/c1-17-31-43(11)35(58-40(49)60-43)26(6)45(14)21-22(2)19-41(9,50)34(57-38-33(55-28(8)46)29(44(12)13)18-23(3)53-38)24(4)32(25(5)37(47)56-31)30-20-42(10,52-16)36(27(7)54-30)59-39(48)51-15/h22-27,29-36,38,50H,17-21H2,1-16H3/t22-,23-,24+,25-,26-,27+,29+,30?,31-,32+,33-,34-,35-,36+,38+,41-,42-,43-/m1/s1. The Kier molecular flexibility index (Phi) is 16.4. The number of hydrogen-bond acceptors (Lipinski definition) is 17. The summed E-state index contributed by atoms with van der Waals surface area (Å²) < 4.78 is 60.9. The van der Waals surface area contributed by atoms with Crippen LogP contribution in [0.3, 0.4) is 0 Å². The highest BCUT2D eigenvalue weighted by Crippen LogP contribution is 2.46. The Labute approximate surface area is 356 Å². The van der Waals surface area contributed by atoms with E-state index in [1.807, 2.05) is 65.6 Å². The van der Waals surface area contributed by atoms with Gasteiger partial charge in [-0.2, -0.15) is 0 Å². The number of likely N-dealkylation sites (N-methyl/N-ethyl adjacent to an activating group) is 2. The minimum absolute atomic E-state index is 0.147. The van der Waals surface area contributed by atoms with E-state index in [4.69, 9.17) is 47.4 Å². The highest BCUT2D eigenvalue weighted by Gasteiger charge is 2.59. The van der Waals surface area contributed by atoms with Gasteiger partial charge in [0.1, 0.15) is 11.7 Å². The smallest absolute Gasteiger partial charge is 0.458 e. The van der Waals surface area contributed by atoms with Gasteiger partial charge >= 0.3 is 24.2 Å². The van der Waals surface area contributed by atoms with Gasteiger partial charge in [0.05, 0.1) is 49.1 Å². The van der Waals surface area contributed by atoms with Gasteiger partial charge in [-0.3, -0.25) is 14.5 Å². The minimum atomic E-state index is -1.59. The topological polar surface area (TPSA) is 187 Å². The molecular formula is C43H74N2O15. The van der Waals surface area contributed by atoms with Crippen LogP contribution in [0.1, 0.15) is 102 Å². The molecule has 0 saturated carbocycles. The molecule has 17 heteroatoms. The average Bonchev–Trinajstić information content (AvgIpc) is 3.47. The van der Waals surface area contributed by atoms with Crippen molar-refractivity contribution < 1.29 is 71.7 Å². The summed E-state index contributed by atoms with van der Waals surface area (Å²) in [6, 6.07) is -0.653. The molecule has 0 aromatic carbocycles. The third-order valence-electron chi connectivity index (χ3n) is 13.6. The van der Waals surface area contributed by atoms with E-state index in [1.54, 1.807) is 34.6 Å². The number of esters is 2. The lowest BCUT2D eigenvalue weighted by Crippen LogP contribution is -2.62. The minimum Gasteiger partial charge on any atom is -0.458 e. The Bertz CT molecular complexity index is 1500. The molecule has 0 bridgehead atoms. The highest BCUT2D eigenvalue weighted by atomic mass is 16.8. The molecule has 4 fully saturated rings. The summed E-state index contributed by atoms with van der Waals surface area (Å²) in [5.41, 5.74) is -4.04. The summed E-state index contributed by atoms with van der Waals surface area (Å²) >= 11 is 0. The predicted octanol–water partition coefficient (Wildman–Crippen LogP) is 4.72. The third kappa shape index (κ3) is 10.7. The number of carbonyl (C=O) groups excluding carboxylic acids is 4. The van der Waals surface area contributed by atoms with Crippen LogP contribution in [0.5, 0.6) is 0 Å². The largest absolute Gasteiger partial charge is 0.509 e. The second kappa shape index (κ2) is 19.7. The van der Waals surface area contributed by atoms with E-state index in [0.717, 1.165) is 0 Å². The van der Waals surface area contributed by atoms with E-state index in [2.05, 4.69) is 0 Å². The normalized spacial score (nSPS) is 44.9. The van der Waals surface area contributed by atoms with Crippen LogP contribution in [0.25, 0.3) is 0 Å². The first kappa shape index (κ1) is 49.9. The molecule has 1 unspecified atom stereocenters. The van der Waals surface area contributed by atoms with Crippen LogP contribution in [-0.2, 0) is 57.0 Å². The van der Waals surface area contributed by atoms with Crippen molar-refractivity contribution in [2.24, 2.45) is 23.7 Å². The second-order valence-electron chi connectivity index (χ2n) is 18.8. The fraction of sp³-hybridized carbons (Fsp3) is 0.907. The summed E-state index contributed by atoms with van der Waals surface area (Å²) in [6.45, 7) is 20.2. The summed E-state index contributed by atoms with van der Waals surface area (Å²) in [7, 11) is 8.45. The molecule has 18 atom stereocenters. The molecule has 60 heavy (non-hydrogen) atoms. The zero-order valence-electron chi connectivity index (χ0n) is 38.8. The van der Waals surface area contributed by atoms with Gasteiger partial charge in [-0.25, -0.2) is 9.59 Å². The van der Waals surface area contributed by atoms with Gasteiger partial charge in [0.15, 0.2) is 30.2 Å². The SMILES string of the molecule is CC[C@H]1OC(=O)[C@H](C)[C@@H](C2C[C@@](C)(OC)[C@@H](OC(=O)OC)[C@H](C)O2)[C@H](C)[C@@H](O[C@@H]2O[C@H](C)C[C@H](N(C)C)[C@H]2OC(C)=O)[C@](C)(O)C[C@@H](C)CN(C)[C@H](C)[C@H]2OC(=O)O[C@@]21C. The Morgan fingerprint density at radius 1 is 0.950 bits per heavy atom. The van der Waals surface area contributed by atoms with Crippen molar-refractivity contribution in [1.29, 1.82) is 0 Å². The molecular weight excluding hydrogens is 784 g/mol. The van der Waals surface area contributed by atoms with Crippen LogP contribution in [0.15, 0.2) is 0 Å². The molecule has 17 nitrogen and oxygen atoms in total. The van der Waals surface area contributed by atoms with Gasteiger partial charge in [0, 0.05) is 39.0 Å². The van der Waals surface area contributed by atoms with Crippen LogP contribution >= 0.6 is 0 Å². The van der Waals surface area contributed by atoms with Gasteiger partial charge < -0.3 is 57.4 Å². The highest BCUT2D eigenvalue weighted by molar-refractivity contribution is 5.73. The average molecular weight is 859 g/mol. The van der Waals surface area contributed by atoms with E-state index < -0.39 is 108 Å². The van der Waals surface area contributed by atoms with Gasteiger partial charge in [-0.15, -0.1) is 0 Å². The predicted molar refractivity (Wildman–Crippen MR) is 217 cm³/mol. The quantitative estimate of drug-likeness (QED) is 0.261. The molecule has 4 saturated heterocycles. The van der Waals surface area contributed by atoms with Crippen LogP contribution in [0, 0.1) is 23.7 Å². The molecule has 0 aliphatic carbocycles. The molecule has 0 radical (unpaired) electrons. The first-order valence-electron chi connectivity index (χ1n) is 21.5. The monoisotopic (exact) mass is 859 g/mol. The lowest BCUT2D eigenvalue weighted by molar-refractivity contribution is -0.304. The Morgan fingerprint density at radius 3 is 2.17 bits per heavy atom. The third-order valence-corrected chi connectivity index (χ3v) is 13.6. The van der Waals surface area contributed by atoms with Crippen molar-refractivity contribution >= 4 is 24.2 Å². The van der Waals surface area contributed by atoms with Crippen molar-refractivity contribution in [2.45, 2.75) is 186 Å². The summed E-state index contributed by atoms with van der Waals surface area (Å²) in [6.07, 6.45) is -7.89. The first-order valence-corrected chi connectivity index (χ1v) is 21.5. The molecule has 4 rings (SSSR count). The van der Waals surface area contributed by atoms with Crippen molar-refractivity contribution in [3.05, 3.63) is 0 Å². The number of methoxy groups -OCH3 is 2. The van der Waals surface area contributed by atoms with E-state index in [0.29, 0.717) is 19.4 Å². The maximum absolute atomic E-state index is 14.8. The lowest BCUT2D eigenvalue weighted by atomic mass is 9.68. The Hall–Kier alpha value is -2.80. The zero-order chi connectivity index (χ0) is 45.2.